The van der Waals surface area contributed by atoms with Crippen molar-refractivity contribution in [2.45, 2.75) is 32.2 Å². The molecular weight excluding hydrogens is 258 g/mol. The van der Waals surface area contributed by atoms with Crippen molar-refractivity contribution in [3.63, 3.8) is 0 Å². The summed E-state index contributed by atoms with van der Waals surface area (Å²) in [5.41, 5.74) is 3.30. The van der Waals surface area contributed by atoms with Crippen LogP contribution in [0.25, 0.3) is 0 Å². The van der Waals surface area contributed by atoms with E-state index >= 15 is 0 Å². The third-order valence-electron chi connectivity index (χ3n) is 4.11. The van der Waals surface area contributed by atoms with Crippen molar-refractivity contribution in [2.24, 2.45) is 0 Å². The van der Waals surface area contributed by atoms with Gasteiger partial charge in [-0.1, -0.05) is 43.0 Å². The van der Waals surface area contributed by atoms with Crippen molar-refractivity contribution < 1.29 is 4.79 Å². The topological polar surface area (TPSA) is 20.3 Å². The summed E-state index contributed by atoms with van der Waals surface area (Å²) in [4.78, 5) is 14.5. The molecule has 1 saturated carbocycles. The second kappa shape index (κ2) is 7.07. The Morgan fingerprint density at radius 3 is 2.67 bits per heavy atom. The molecule has 1 amide bonds. The molecule has 0 saturated heterocycles. The quantitative estimate of drug-likeness (QED) is 0.805. The highest BCUT2D eigenvalue weighted by Gasteiger charge is 2.28. The lowest BCUT2D eigenvalue weighted by atomic mass is 9.84. The van der Waals surface area contributed by atoms with Crippen LogP contribution < -0.4 is 0 Å². The van der Waals surface area contributed by atoms with Crippen LogP contribution >= 0.6 is 0 Å². The first-order chi connectivity index (χ1) is 10.2. The molecule has 110 valence electrons. The molecular formula is C19H23NO. The summed E-state index contributed by atoms with van der Waals surface area (Å²) in [6.45, 7) is 5.88. The molecule has 2 nitrogen and oxygen atoms in total. The number of likely N-dealkylation sites (N-methyl/N-ethyl adjacent to an activating group) is 1. The first-order valence-electron chi connectivity index (χ1n) is 7.49. The van der Waals surface area contributed by atoms with Crippen LogP contribution in [0.2, 0.25) is 0 Å². The number of carbonyl (C=O) groups excluding carboxylic acids is 1. The fourth-order valence-corrected chi connectivity index (χ4v) is 2.98. The van der Waals surface area contributed by atoms with Crippen molar-refractivity contribution >= 4 is 5.91 Å². The number of allylic oxidation sites excluding steroid dienone is 3. The summed E-state index contributed by atoms with van der Waals surface area (Å²) in [5, 5.41) is 0. The molecule has 1 aromatic rings. The number of amides is 1. The zero-order valence-corrected chi connectivity index (χ0v) is 12.9. The van der Waals surface area contributed by atoms with Gasteiger partial charge in [0.25, 0.3) is 5.91 Å². The first-order valence-corrected chi connectivity index (χ1v) is 7.49. The molecule has 21 heavy (non-hydrogen) atoms. The maximum absolute atomic E-state index is 12.6. The van der Waals surface area contributed by atoms with Gasteiger partial charge in [-0.3, -0.25) is 4.79 Å². The zero-order valence-electron chi connectivity index (χ0n) is 12.9. The molecule has 0 aliphatic heterocycles. The van der Waals surface area contributed by atoms with Crippen molar-refractivity contribution in [1.29, 1.82) is 0 Å². The minimum absolute atomic E-state index is 0.0768. The van der Waals surface area contributed by atoms with E-state index in [0.717, 1.165) is 24.8 Å². The van der Waals surface area contributed by atoms with Gasteiger partial charge >= 0.3 is 0 Å². The lowest BCUT2D eigenvalue weighted by molar-refractivity contribution is 0.0743. The molecule has 1 atom stereocenters. The summed E-state index contributed by atoms with van der Waals surface area (Å²) in [6, 6.07) is 9.61. The van der Waals surface area contributed by atoms with Gasteiger partial charge in [-0.15, -0.1) is 0 Å². The maximum Gasteiger partial charge on any atom is 0.254 e. The van der Waals surface area contributed by atoms with Gasteiger partial charge in [-0.2, -0.15) is 0 Å². The molecule has 0 bridgehead atoms. The second-order valence-electron chi connectivity index (χ2n) is 5.36. The molecule has 1 fully saturated rings. The van der Waals surface area contributed by atoms with Crippen molar-refractivity contribution in [2.75, 3.05) is 7.05 Å². The van der Waals surface area contributed by atoms with Gasteiger partial charge in [0.15, 0.2) is 0 Å². The average Bonchev–Trinajstić information content (AvgIpc) is 2.54. The standard InChI is InChI=1S/C19H23NO/c1-4-10-17-15(5-2)13-9-14-18(17)20(3)19(21)16-11-7-6-8-12-16/h4-8,10-12,18H,1,9,13-14H2,2-3H3/b15-5-,17-10+/t18-/m0/s1. The predicted octanol–water partition coefficient (Wildman–Crippen LogP) is 4.37. The van der Waals surface area contributed by atoms with E-state index in [1.807, 2.05) is 54.4 Å². The number of rotatable bonds is 3. The molecule has 0 radical (unpaired) electrons. The molecule has 1 aliphatic carbocycles. The lowest BCUT2D eigenvalue weighted by Gasteiger charge is -2.35. The van der Waals surface area contributed by atoms with E-state index in [9.17, 15) is 4.79 Å². The van der Waals surface area contributed by atoms with Gasteiger partial charge in [-0.25, -0.2) is 0 Å². The largest absolute Gasteiger partial charge is 0.335 e. The highest BCUT2D eigenvalue weighted by Crippen LogP contribution is 2.32. The maximum atomic E-state index is 12.6. The zero-order chi connectivity index (χ0) is 15.2. The molecule has 2 rings (SSSR count). The summed E-state index contributed by atoms with van der Waals surface area (Å²) < 4.78 is 0. The van der Waals surface area contributed by atoms with Gasteiger partial charge in [0, 0.05) is 12.6 Å². The van der Waals surface area contributed by atoms with E-state index < -0.39 is 0 Å². The summed E-state index contributed by atoms with van der Waals surface area (Å²) >= 11 is 0. The van der Waals surface area contributed by atoms with E-state index in [2.05, 4.69) is 19.6 Å². The van der Waals surface area contributed by atoms with Gasteiger partial charge < -0.3 is 4.90 Å². The van der Waals surface area contributed by atoms with Gasteiger partial charge in [0.2, 0.25) is 0 Å². The Morgan fingerprint density at radius 2 is 2.05 bits per heavy atom. The number of carbonyl (C=O) groups is 1. The molecule has 0 unspecified atom stereocenters. The number of benzene rings is 1. The van der Waals surface area contributed by atoms with Crippen LogP contribution in [0.4, 0.5) is 0 Å². The third-order valence-corrected chi connectivity index (χ3v) is 4.11. The van der Waals surface area contributed by atoms with E-state index in [1.165, 1.54) is 11.1 Å². The molecule has 1 aromatic carbocycles. The molecule has 0 aromatic heterocycles. The van der Waals surface area contributed by atoms with Crippen molar-refractivity contribution in [3.8, 4) is 0 Å². The number of hydrogen-bond donors (Lipinski definition) is 0. The molecule has 1 aliphatic rings. The normalized spacial score (nSPS) is 22.3. The smallest absolute Gasteiger partial charge is 0.254 e. The highest BCUT2D eigenvalue weighted by molar-refractivity contribution is 5.94. The Labute approximate surface area is 127 Å². The van der Waals surface area contributed by atoms with Crippen molar-refractivity contribution in [1.82, 2.24) is 4.90 Å². The monoisotopic (exact) mass is 281 g/mol. The molecule has 2 heteroatoms. The number of nitrogens with zero attached hydrogens (tertiary/aromatic N) is 1. The molecule has 0 N–H and O–H groups in total. The third kappa shape index (κ3) is 3.33. The minimum Gasteiger partial charge on any atom is -0.335 e. The summed E-state index contributed by atoms with van der Waals surface area (Å²) in [7, 11) is 1.90. The summed E-state index contributed by atoms with van der Waals surface area (Å²) in [6.07, 6.45) is 9.23. The van der Waals surface area contributed by atoms with Crippen LogP contribution in [0, 0.1) is 0 Å². The van der Waals surface area contributed by atoms with Crippen LogP contribution in [0.5, 0.6) is 0 Å². The Balaban J connectivity index is 2.28. The lowest BCUT2D eigenvalue weighted by Crippen LogP contribution is -2.40. The molecule has 0 heterocycles. The fraction of sp³-hybridized carbons (Fsp3) is 0.316. The van der Waals surface area contributed by atoms with Gasteiger partial charge in [-0.05, 0) is 49.5 Å². The van der Waals surface area contributed by atoms with E-state index in [0.29, 0.717) is 0 Å². The second-order valence-corrected chi connectivity index (χ2v) is 5.36. The van der Waals surface area contributed by atoms with Crippen LogP contribution in [-0.2, 0) is 0 Å². The van der Waals surface area contributed by atoms with E-state index in [4.69, 9.17) is 0 Å². The molecule has 0 spiro atoms. The SMILES string of the molecule is C=C/C=C1\C(=C/C)CCC[C@@H]1N(C)C(=O)c1ccccc1. The van der Waals surface area contributed by atoms with Gasteiger partial charge in [0.1, 0.15) is 0 Å². The minimum atomic E-state index is 0.0768. The Hall–Kier alpha value is -2.09. The van der Waals surface area contributed by atoms with Crippen LogP contribution in [0.3, 0.4) is 0 Å². The fourth-order valence-electron chi connectivity index (χ4n) is 2.98. The Morgan fingerprint density at radius 1 is 1.33 bits per heavy atom. The van der Waals surface area contributed by atoms with E-state index in [1.54, 1.807) is 0 Å². The van der Waals surface area contributed by atoms with Crippen molar-refractivity contribution in [3.05, 3.63) is 71.8 Å². The van der Waals surface area contributed by atoms with Crippen LogP contribution in [0.15, 0.2) is 66.3 Å². The average molecular weight is 281 g/mol. The first kappa shape index (κ1) is 15.3. The number of hydrogen-bond acceptors (Lipinski definition) is 1. The predicted molar refractivity (Wildman–Crippen MR) is 88.2 cm³/mol. The Bertz CT molecular complexity index is 568. The van der Waals surface area contributed by atoms with E-state index in [-0.39, 0.29) is 11.9 Å². The Kier molecular flexibility index (Phi) is 5.15. The summed E-state index contributed by atoms with van der Waals surface area (Å²) in [5.74, 6) is 0.0768. The van der Waals surface area contributed by atoms with Crippen LogP contribution in [-0.4, -0.2) is 23.9 Å². The highest BCUT2D eigenvalue weighted by atomic mass is 16.2. The van der Waals surface area contributed by atoms with Crippen LogP contribution in [0.1, 0.15) is 36.5 Å². The van der Waals surface area contributed by atoms with Gasteiger partial charge in [0.05, 0.1) is 6.04 Å².